The molecule has 2 atom stereocenters. The van der Waals surface area contributed by atoms with Crippen LogP contribution < -0.4 is 4.74 Å². The average molecular weight is 426 g/mol. The first-order valence-electron chi connectivity index (χ1n) is 10.0. The third-order valence-corrected chi connectivity index (χ3v) is 5.81. The van der Waals surface area contributed by atoms with Crippen LogP contribution in [0.25, 0.3) is 21.9 Å². The first-order valence-corrected chi connectivity index (χ1v) is 10.0. The van der Waals surface area contributed by atoms with E-state index in [2.05, 4.69) is 0 Å². The zero-order valence-corrected chi connectivity index (χ0v) is 16.7. The first kappa shape index (κ1) is 19.8. The van der Waals surface area contributed by atoms with Crippen molar-refractivity contribution in [3.63, 3.8) is 0 Å². The van der Waals surface area contributed by atoms with E-state index in [1.165, 1.54) is 12.1 Å². The molecule has 4 aromatic carbocycles. The van der Waals surface area contributed by atoms with E-state index < -0.39 is 18.0 Å². The molecule has 6 nitrogen and oxygen atoms in total. The van der Waals surface area contributed by atoms with Crippen LogP contribution in [-0.2, 0) is 9.59 Å². The zero-order chi connectivity index (χ0) is 22.4. The number of carboxylic acids is 1. The number of carbonyl (C=O) groups excluding carboxylic acids is 1. The monoisotopic (exact) mass is 426 g/mol. The van der Waals surface area contributed by atoms with E-state index in [0.29, 0.717) is 27.6 Å². The van der Waals surface area contributed by atoms with Gasteiger partial charge in [-0.2, -0.15) is 0 Å². The lowest BCUT2D eigenvalue weighted by molar-refractivity contribution is -0.147. The van der Waals surface area contributed by atoms with Crippen molar-refractivity contribution in [1.82, 2.24) is 0 Å². The number of fused-ring (bicyclic) bond motifs is 3. The molecule has 0 aliphatic carbocycles. The molecule has 0 spiro atoms. The minimum Gasteiger partial charge on any atom is -0.507 e. The highest BCUT2D eigenvalue weighted by Crippen LogP contribution is 2.47. The van der Waals surface area contributed by atoms with Gasteiger partial charge in [-0.05, 0) is 28.8 Å². The lowest BCUT2D eigenvalue weighted by Gasteiger charge is -2.12. The van der Waals surface area contributed by atoms with Gasteiger partial charge < -0.3 is 20.1 Å². The molecule has 6 heteroatoms. The number of hydrogen-bond donors (Lipinski definition) is 3. The molecule has 0 amide bonds. The molecule has 0 bridgehead atoms. The number of carboxylic acid groups (broad SMARTS) is 1. The predicted molar refractivity (Wildman–Crippen MR) is 118 cm³/mol. The molecule has 1 aliphatic heterocycles. The van der Waals surface area contributed by atoms with Crippen LogP contribution >= 0.6 is 0 Å². The zero-order valence-electron chi connectivity index (χ0n) is 16.7. The molecule has 0 fully saturated rings. The van der Waals surface area contributed by atoms with E-state index in [1.54, 1.807) is 36.4 Å². The molecular weight excluding hydrogens is 408 g/mol. The minimum atomic E-state index is -1.61. The van der Waals surface area contributed by atoms with Gasteiger partial charge in [0.15, 0.2) is 6.10 Å². The Labute approximate surface area is 183 Å². The highest BCUT2D eigenvalue weighted by Gasteiger charge is 2.36. The largest absolute Gasteiger partial charge is 0.507 e. The number of aliphatic carboxylic acids is 1. The van der Waals surface area contributed by atoms with Crippen LogP contribution in [0.5, 0.6) is 11.5 Å². The van der Waals surface area contributed by atoms with Gasteiger partial charge in [0.2, 0.25) is 0 Å². The Morgan fingerprint density at radius 1 is 0.875 bits per heavy atom. The molecule has 5 rings (SSSR count). The van der Waals surface area contributed by atoms with E-state index in [4.69, 9.17) is 9.84 Å². The molecular formula is C26H18O6. The summed E-state index contributed by atoms with van der Waals surface area (Å²) in [6.07, 6.45) is -1.61. The Morgan fingerprint density at radius 3 is 2.25 bits per heavy atom. The molecule has 1 heterocycles. The molecule has 0 saturated carbocycles. The Bertz CT molecular complexity index is 1360. The van der Waals surface area contributed by atoms with Crippen molar-refractivity contribution in [3.05, 3.63) is 95.6 Å². The van der Waals surface area contributed by atoms with Gasteiger partial charge in [0.1, 0.15) is 17.4 Å². The van der Waals surface area contributed by atoms with Crippen molar-refractivity contribution >= 4 is 22.7 Å². The molecule has 0 radical (unpaired) electrons. The minimum absolute atomic E-state index is 0.0241. The summed E-state index contributed by atoms with van der Waals surface area (Å²) < 4.78 is 5.62. The predicted octanol–water partition coefficient (Wildman–Crippen LogP) is 4.38. The van der Waals surface area contributed by atoms with E-state index in [1.807, 2.05) is 30.3 Å². The Balaban J connectivity index is 1.57. The Hall–Kier alpha value is -4.16. The maximum atomic E-state index is 12.6. The number of ether oxygens (including phenoxy) is 1. The van der Waals surface area contributed by atoms with Crippen LogP contribution in [-0.4, -0.2) is 27.3 Å². The summed E-state index contributed by atoms with van der Waals surface area (Å²) in [5.41, 5.74) is 3.05. The van der Waals surface area contributed by atoms with Crippen molar-refractivity contribution < 1.29 is 29.6 Å². The fraction of sp³-hybridized carbons (Fsp3) is 0.0769. The van der Waals surface area contributed by atoms with Gasteiger partial charge in [-0.1, -0.05) is 66.7 Å². The Kier molecular flexibility index (Phi) is 4.64. The lowest BCUT2D eigenvalue weighted by Crippen LogP contribution is -2.11. The lowest BCUT2D eigenvalue weighted by atomic mass is 9.90. The summed E-state index contributed by atoms with van der Waals surface area (Å²) in [6, 6.07) is 22.8. The van der Waals surface area contributed by atoms with Crippen molar-refractivity contribution in [2.24, 2.45) is 0 Å². The van der Waals surface area contributed by atoms with E-state index >= 15 is 0 Å². The standard InChI is InChI=1S/C26H18O6/c27-22(25(29)30)16-8-6-14(7-9-16)17-10-12-19-18(23(17)28)11-13-20-21(26(31)32-24(19)20)15-4-2-1-3-5-15/h1-13,21-22,27-28H,(H,29,30). The first-order chi connectivity index (χ1) is 15.5. The molecule has 32 heavy (non-hydrogen) atoms. The normalized spacial score (nSPS) is 15.9. The van der Waals surface area contributed by atoms with Crippen molar-refractivity contribution in [2.45, 2.75) is 12.0 Å². The number of phenolic OH excluding ortho intramolecular Hbond substituents is 1. The summed E-state index contributed by atoms with van der Waals surface area (Å²) in [6.45, 7) is 0. The number of phenols is 1. The third-order valence-electron chi connectivity index (χ3n) is 5.81. The second-order valence-corrected chi connectivity index (χ2v) is 7.67. The number of aliphatic hydroxyl groups is 1. The Morgan fingerprint density at radius 2 is 1.56 bits per heavy atom. The average Bonchev–Trinajstić information content (AvgIpc) is 3.15. The van der Waals surface area contributed by atoms with Gasteiger partial charge in [-0.3, -0.25) is 4.79 Å². The molecule has 158 valence electrons. The van der Waals surface area contributed by atoms with Gasteiger partial charge in [-0.15, -0.1) is 0 Å². The van der Waals surface area contributed by atoms with E-state index in [0.717, 1.165) is 11.1 Å². The summed E-state index contributed by atoms with van der Waals surface area (Å²) in [7, 11) is 0. The topological polar surface area (TPSA) is 104 Å². The van der Waals surface area contributed by atoms with Crippen molar-refractivity contribution in [1.29, 1.82) is 0 Å². The molecule has 1 aliphatic rings. The van der Waals surface area contributed by atoms with Crippen LogP contribution in [0, 0.1) is 0 Å². The van der Waals surface area contributed by atoms with Gasteiger partial charge in [-0.25, -0.2) is 4.79 Å². The van der Waals surface area contributed by atoms with E-state index in [9.17, 15) is 19.8 Å². The number of rotatable bonds is 4. The molecule has 3 N–H and O–H groups in total. The summed E-state index contributed by atoms with van der Waals surface area (Å²) >= 11 is 0. The number of aliphatic hydroxyl groups excluding tert-OH is 1. The molecule has 4 aromatic rings. The number of benzene rings is 4. The van der Waals surface area contributed by atoms with Crippen LogP contribution in [0.15, 0.2) is 78.9 Å². The second-order valence-electron chi connectivity index (χ2n) is 7.67. The van der Waals surface area contributed by atoms with Crippen LogP contribution in [0.3, 0.4) is 0 Å². The fourth-order valence-electron chi connectivity index (χ4n) is 4.19. The summed E-state index contributed by atoms with van der Waals surface area (Å²) in [4.78, 5) is 23.6. The quantitative estimate of drug-likeness (QED) is 0.330. The van der Waals surface area contributed by atoms with Gasteiger partial charge in [0, 0.05) is 21.9 Å². The summed E-state index contributed by atoms with van der Waals surface area (Å²) in [5, 5.41) is 30.8. The smallest absolute Gasteiger partial charge is 0.337 e. The van der Waals surface area contributed by atoms with Gasteiger partial charge in [0.25, 0.3) is 0 Å². The number of aromatic hydroxyl groups is 1. The molecule has 0 aromatic heterocycles. The molecule has 0 saturated heterocycles. The maximum Gasteiger partial charge on any atom is 0.337 e. The summed E-state index contributed by atoms with van der Waals surface area (Å²) in [5.74, 6) is -1.72. The number of esters is 1. The highest BCUT2D eigenvalue weighted by atomic mass is 16.5. The van der Waals surface area contributed by atoms with Crippen LogP contribution in [0.1, 0.15) is 28.7 Å². The van der Waals surface area contributed by atoms with Gasteiger partial charge >= 0.3 is 11.9 Å². The number of carbonyl (C=O) groups is 2. The van der Waals surface area contributed by atoms with Gasteiger partial charge in [0.05, 0.1) is 0 Å². The second kappa shape index (κ2) is 7.51. The maximum absolute atomic E-state index is 12.6. The molecule has 2 unspecified atom stereocenters. The van der Waals surface area contributed by atoms with Crippen molar-refractivity contribution in [3.8, 4) is 22.6 Å². The SMILES string of the molecule is O=C(O)C(O)c1ccc(-c2ccc3c4c(ccc3c2O)C(c2ccccc2)C(=O)O4)cc1. The highest BCUT2D eigenvalue weighted by molar-refractivity contribution is 6.03. The van der Waals surface area contributed by atoms with E-state index in [-0.39, 0.29) is 17.3 Å². The fourth-order valence-corrected chi connectivity index (χ4v) is 4.19. The van der Waals surface area contributed by atoms with Crippen LogP contribution in [0.2, 0.25) is 0 Å². The van der Waals surface area contributed by atoms with Crippen molar-refractivity contribution in [2.75, 3.05) is 0 Å². The number of hydrogen-bond acceptors (Lipinski definition) is 5. The van der Waals surface area contributed by atoms with Crippen LogP contribution in [0.4, 0.5) is 0 Å². The third kappa shape index (κ3) is 3.09.